The highest BCUT2D eigenvalue weighted by Gasteiger charge is 2.42. The summed E-state index contributed by atoms with van der Waals surface area (Å²) in [5.41, 5.74) is 6.38. The van der Waals surface area contributed by atoms with E-state index >= 15 is 0 Å². The number of ketones is 1. The number of carbonyl (C=O) groups is 1. The molecule has 0 spiro atoms. The molecular formula is C19H15N3O. The third-order valence-corrected chi connectivity index (χ3v) is 5.07. The molecule has 2 atom stereocenters. The predicted molar refractivity (Wildman–Crippen MR) is 86.3 cm³/mol. The average Bonchev–Trinajstić information content (AvgIpc) is 3.21. The van der Waals surface area contributed by atoms with Crippen molar-refractivity contribution in [1.29, 1.82) is 0 Å². The summed E-state index contributed by atoms with van der Waals surface area (Å²) < 4.78 is 2.15. The van der Waals surface area contributed by atoms with Gasteiger partial charge >= 0.3 is 0 Å². The fraction of sp³-hybridized carbons (Fsp3) is 0.211. The summed E-state index contributed by atoms with van der Waals surface area (Å²) in [5.74, 6) is 0.124. The minimum absolute atomic E-state index is 0.0314. The second-order valence-corrected chi connectivity index (χ2v) is 6.38. The maximum Gasteiger partial charge on any atom is 0.170 e. The first-order valence-corrected chi connectivity index (χ1v) is 7.85. The molecule has 1 aromatic carbocycles. The van der Waals surface area contributed by atoms with Gasteiger partial charge in [0.2, 0.25) is 0 Å². The van der Waals surface area contributed by atoms with Gasteiger partial charge in [0.25, 0.3) is 0 Å². The Labute approximate surface area is 133 Å². The van der Waals surface area contributed by atoms with Crippen molar-refractivity contribution in [2.24, 2.45) is 5.92 Å². The molecule has 3 aromatic rings. The van der Waals surface area contributed by atoms with Gasteiger partial charge in [0.05, 0.1) is 30.2 Å². The first kappa shape index (κ1) is 12.8. The molecule has 4 heteroatoms. The zero-order valence-corrected chi connectivity index (χ0v) is 12.7. The van der Waals surface area contributed by atoms with Crippen molar-refractivity contribution in [1.82, 2.24) is 14.5 Å². The molecule has 2 unspecified atom stereocenters. The molecular weight excluding hydrogens is 286 g/mol. The van der Waals surface area contributed by atoms with Crippen molar-refractivity contribution in [3.8, 4) is 11.3 Å². The Morgan fingerprint density at radius 2 is 2.04 bits per heavy atom. The molecule has 4 nitrogen and oxygen atoms in total. The van der Waals surface area contributed by atoms with Crippen LogP contribution in [0.1, 0.15) is 33.2 Å². The quantitative estimate of drug-likeness (QED) is 0.693. The molecule has 0 amide bonds. The van der Waals surface area contributed by atoms with Gasteiger partial charge in [-0.2, -0.15) is 0 Å². The van der Waals surface area contributed by atoms with E-state index in [-0.39, 0.29) is 17.7 Å². The van der Waals surface area contributed by atoms with Crippen LogP contribution in [0.2, 0.25) is 0 Å². The number of pyridine rings is 1. The van der Waals surface area contributed by atoms with Crippen LogP contribution >= 0.6 is 0 Å². The summed E-state index contributed by atoms with van der Waals surface area (Å²) in [5, 5.41) is 0. The number of rotatable bonds is 1. The monoisotopic (exact) mass is 301 g/mol. The van der Waals surface area contributed by atoms with Crippen LogP contribution in [-0.4, -0.2) is 20.3 Å². The zero-order valence-electron chi connectivity index (χ0n) is 12.7. The third kappa shape index (κ3) is 1.63. The molecule has 0 bridgehead atoms. The Morgan fingerprint density at radius 1 is 1.17 bits per heavy atom. The maximum absolute atomic E-state index is 13.0. The van der Waals surface area contributed by atoms with Crippen LogP contribution in [0, 0.1) is 12.8 Å². The van der Waals surface area contributed by atoms with E-state index in [1.54, 1.807) is 6.20 Å². The zero-order chi connectivity index (χ0) is 15.6. The van der Waals surface area contributed by atoms with Gasteiger partial charge in [-0.1, -0.05) is 24.3 Å². The van der Waals surface area contributed by atoms with Crippen molar-refractivity contribution in [2.45, 2.75) is 19.4 Å². The van der Waals surface area contributed by atoms with Crippen LogP contribution < -0.4 is 0 Å². The van der Waals surface area contributed by atoms with E-state index < -0.39 is 0 Å². The molecule has 0 saturated carbocycles. The normalized spacial score (nSPS) is 21.2. The van der Waals surface area contributed by atoms with Gasteiger partial charge in [0.15, 0.2) is 5.78 Å². The van der Waals surface area contributed by atoms with Crippen molar-refractivity contribution in [2.75, 3.05) is 0 Å². The summed E-state index contributed by atoms with van der Waals surface area (Å²) in [6.07, 6.45) is 6.24. The highest BCUT2D eigenvalue weighted by molar-refractivity contribution is 6.03. The highest BCUT2D eigenvalue weighted by atomic mass is 16.1. The third-order valence-electron chi connectivity index (χ3n) is 5.07. The van der Waals surface area contributed by atoms with Crippen molar-refractivity contribution in [3.05, 3.63) is 71.4 Å². The Balaban J connectivity index is 1.66. The maximum atomic E-state index is 13.0. The van der Waals surface area contributed by atoms with E-state index in [0.717, 1.165) is 28.9 Å². The van der Waals surface area contributed by atoms with Crippen molar-refractivity contribution < 1.29 is 4.79 Å². The van der Waals surface area contributed by atoms with Crippen molar-refractivity contribution >= 4 is 5.78 Å². The molecule has 112 valence electrons. The molecule has 2 aromatic heterocycles. The molecule has 3 heterocycles. The number of aryl methyl sites for hydroxylation is 1. The van der Waals surface area contributed by atoms with Crippen LogP contribution in [0.25, 0.3) is 11.3 Å². The number of aromatic nitrogens is 3. The standard InChI is InChI=1S/C19H15N3O/c1-11-6-12-7-15(19(23)16(12)8-21-11)18-14-5-3-2-4-13(14)17-9-20-10-22(17)18/h2-6,8-10,15,18H,7H2,1H3. The van der Waals surface area contributed by atoms with Crippen LogP contribution in [0.5, 0.6) is 0 Å². The van der Waals surface area contributed by atoms with E-state index in [9.17, 15) is 4.79 Å². The SMILES string of the molecule is Cc1cc2c(cn1)C(=O)C(C1c3ccccc3-c3cncn31)C2. The largest absolute Gasteiger partial charge is 0.322 e. The first-order valence-electron chi connectivity index (χ1n) is 7.85. The summed E-state index contributed by atoms with van der Waals surface area (Å²) in [6.45, 7) is 1.97. The average molecular weight is 301 g/mol. The van der Waals surface area contributed by atoms with E-state index in [2.05, 4.69) is 26.7 Å². The molecule has 1 aliphatic heterocycles. The molecule has 2 aliphatic rings. The smallest absolute Gasteiger partial charge is 0.170 e. The lowest BCUT2D eigenvalue weighted by Crippen LogP contribution is -2.22. The molecule has 1 aliphatic carbocycles. The van der Waals surface area contributed by atoms with Gasteiger partial charge in [-0.3, -0.25) is 9.78 Å². The Kier molecular flexibility index (Phi) is 2.43. The number of imidazole rings is 1. The van der Waals surface area contributed by atoms with Crippen LogP contribution in [0.3, 0.4) is 0 Å². The lowest BCUT2D eigenvalue weighted by molar-refractivity contribution is 0.0911. The summed E-state index contributed by atoms with van der Waals surface area (Å²) in [4.78, 5) is 21.6. The van der Waals surface area contributed by atoms with Crippen LogP contribution in [0.15, 0.2) is 49.1 Å². The molecule has 5 rings (SSSR count). The van der Waals surface area contributed by atoms with Gasteiger partial charge in [-0.05, 0) is 30.5 Å². The van der Waals surface area contributed by atoms with E-state index in [4.69, 9.17) is 0 Å². The summed E-state index contributed by atoms with van der Waals surface area (Å²) in [7, 11) is 0. The van der Waals surface area contributed by atoms with Gasteiger partial charge in [-0.15, -0.1) is 0 Å². The topological polar surface area (TPSA) is 47.8 Å². The molecule has 0 saturated heterocycles. The Morgan fingerprint density at radius 3 is 2.96 bits per heavy atom. The summed E-state index contributed by atoms with van der Waals surface area (Å²) in [6, 6.07) is 10.4. The number of hydrogen-bond acceptors (Lipinski definition) is 3. The first-order chi connectivity index (χ1) is 11.2. The fourth-order valence-electron chi connectivity index (χ4n) is 4.08. The number of carbonyl (C=O) groups excluding carboxylic acids is 1. The van der Waals surface area contributed by atoms with Gasteiger partial charge in [-0.25, -0.2) is 4.98 Å². The van der Waals surface area contributed by atoms with Gasteiger partial charge in [0.1, 0.15) is 0 Å². The number of nitrogens with zero attached hydrogens (tertiary/aromatic N) is 3. The fourth-order valence-corrected chi connectivity index (χ4v) is 4.08. The van der Waals surface area contributed by atoms with Crippen LogP contribution in [0.4, 0.5) is 0 Å². The number of hydrogen-bond donors (Lipinski definition) is 0. The predicted octanol–water partition coefficient (Wildman–Crippen LogP) is 3.21. The second-order valence-electron chi connectivity index (χ2n) is 6.38. The Bertz CT molecular complexity index is 957. The molecule has 0 fully saturated rings. The number of benzene rings is 1. The second kappa shape index (κ2) is 4.38. The molecule has 23 heavy (non-hydrogen) atoms. The number of Topliss-reactive ketones (excluding diaryl/α,β-unsaturated/α-hetero) is 1. The van der Waals surface area contributed by atoms with Gasteiger partial charge in [0, 0.05) is 23.0 Å². The van der Waals surface area contributed by atoms with E-state index in [1.807, 2.05) is 37.6 Å². The number of fused-ring (bicyclic) bond motifs is 4. The van der Waals surface area contributed by atoms with Crippen LogP contribution in [-0.2, 0) is 6.42 Å². The Hall–Kier alpha value is -2.75. The molecule has 0 N–H and O–H groups in total. The minimum Gasteiger partial charge on any atom is -0.322 e. The van der Waals surface area contributed by atoms with Gasteiger partial charge < -0.3 is 4.57 Å². The van der Waals surface area contributed by atoms with E-state index in [1.165, 1.54) is 11.1 Å². The minimum atomic E-state index is -0.0785. The van der Waals surface area contributed by atoms with E-state index in [0.29, 0.717) is 0 Å². The summed E-state index contributed by atoms with van der Waals surface area (Å²) >= 11 is 0. The lowest BCUT2D eigenvalue weighted by atomic mass is 9.89. The molecule has 0 radical (unpaired) electrons. The lowest BCUT2D eigenvalue weighted by Gasteiger charge is -2.20. The van der Waals surface area contributed by atoms with Crippen molar-refractivity contribution in [3.63, 3.8) is 0 Å². The highest BCUT2D eigenvalue weighted by Crippen LogP contribution is 2.46.